The van der Waals surface area contributed by atoms with Crippen LogP contribution in [0.1, 0.15) is 117 Å². The molecule has 3 fully saturated rings. The van der Waals surface area contributed by atoms with Gasteiger partial charge in [-0.1, -0.05) is 45.9 Å². The second-order valence-corrected chi connectivity index (χ2v) is 23.3. The Morgan fingerprint density at radius 2 is 1.60 bits per heavy atom. The molecule has 5 bridgehead atoms. The Bertz CT molecular complexity index is 3460. The fourth-order valence-corrected chi connectivity index (χ4v) is 12.5. The SMILES string of the molecule is CO[C@H]1/C=C/O[C@@]2(C)Oc3c(C)c(O)c4c(O)c(c(/C=N\N5CCN(CC6CCN(c7c(F)cn8c(=O)c(C(=O)O)cc(C9CC9)c8c7C)C6)CC5)c(O)c4c3C2=O)NC(=O)/C(C)=C\C=C\[C@H](C)[C@H](O)[C@@H](C)[C@@H](O)[C@@H](C)[C@H](OC(C)=O)[C@@H]1C. The fraction of sp³-hybridized carbons (Fsp3) is 0.508. The van der Waals surface area contributed by atoms with Crippen LogP contribution < -0.4 is 20.5 Å². The number of piperazine rings is 1. The number of rotatable bonds is 9. The van der Waals surface area contributed by atoms with E-state index in [4.69, 9.17) is 24.0 Å². The van der Waals surface area contributed by atoms with Crippen LogP contribution in [0.15, 0.2) is 58.3 Å². The van der Waals surface area contributed by atoms with Crippen molar-refractivity contribution in [1.29, 1.82) is 0 Å². The first kappa shape index (κ1) is 60.1. The van der Waals surface area contributed by atoms with Crippen molar-refractivity contribution in [2.24, 2.45) is 34.7 Å². The van der Waals surface area contributed by atoms with E-state index in [0.717, 1.165) is 35.4 Å². The van der Waals surface area contributed by atoms with Crippen molar-refractivity contribution in [3.05, 3.63) is 98.0 Å². The van der Waals surface area contributed by atoms with Crippen LogP contribution in [-0.4, -0.2) is 158 Å². The quantitative estimate of drug-likeness (QED) is 0.0390. The molecule has 4 aromatic rings. The molecule has 2 aromatic carbocycles. The smallest absolute Gasteiger partial charge is 0.341 e. The molecule has 10 atom stereocenters. The van der Waals surface area contributed by atoms with Crippen LogP contribution in [0.25, 0.3) is 16.3 Å². The number of aliphatic hydroxyl groups excluding tert-OH is 2. The van der Waals surface area contributed by atoms with Crippen LogP contribution in [0.3, 0.4) is 0 Å². The highest BCUT2D eigenvalue weighted by atomic mass is 19.1. The van der Waals surface area contributed by atoms with Gasteiger partial charge in [-0.15, -0.1) is 0 Å². The van der Waals surface area contributed by atoms with Gasteiger partial charge in [0.1, 0.15) is 28.9 Å². The molecule has 6 aliphatic rings. The maximum atomic E-state index is 16.1. The number of carboxylic acid groups (broad SMARTS) is 1. The molecule has 0 radical (unpaired) electrons. The number of carbonyl (C=O) groups excluding carboxylic acids is 3. The first-order chi connectivity index (χ1) is 39.3. The van der Waals surface area contributed by atoms with Gasteiger partial charge < -0.3 is 59.8 Å². The number of Topliss-reactive ketones (excluding diaryl/α,β-unsaturated/α-hetero) is 1. The topological polar surface area (TPSA) is 282 Å². The lowest BCUT2D eigenvalue weighted by molar-refractivity contribution is -0.160. The zero-order valence-corrected chi connectivity index (χ0v) is 48.4. The Hall–Kier alpha value is -7.53. The van der Waals surface area contributed by atoms with Crippen LogP contribution in [0.5, 0.6) is 23.0 Å². The number of anilines is 2. The molecule has 1 aliphatic carbocycles. The third-order valence-electron chi connectivity index (χ3n) is 17.5. The number of hydrazone groups is 1. The predicted octanol–water partition coefficient (Wildman–Crippen LogP) is 6.87. The largest absolute Gasteiger partial charge is 0.507 e. The number of hydrogen-bond donors (Lipinski definition) is 7. The number of methoxy groups -OCH3 is 1. The molecular weight excluding hydrogens is 1080 g/mol. The maximum Gasteiger partial charge on any atom is 0.341 e. The van der Waals surface area contributed by atoms with E-state index >= 15 is 4.39 Å². The molecular formula is C61H75FN6O15. The van der Waals surface area contributed by atoms with Crippen molar-refractivity contribution in [3.8, 4) is 23.0 Å². The monoisotopic (exact) mass is 1150 g/mol. The van der Waals surface area contributed by atoms with E-state index in [1.54, 1.807) is 51.8 Å². The minimum absolute atomic E-state index is 0.0141. The van der Waals surface area contributed by atoms with Gasteiger partial charge >= 0.3 is 17.7 Å². The van der Waals surface area contributed by atoms with Crippen LogP contribution in [0.4, 0.5) is 15.8 Å². The number of allylic oxidation sites excluding steroid dienone is 2. The number of carbonyl (C=O) groups is 4. The summed E-state index contributed by atoms with van der Waals surface area (Å²) in [6, 6.07) is 1.45. The summed E-state index contributed by atoms with van der Waals surface area (Å²) in [5.41, 5.74) is 0.525. The minimum Gasteiger partial charge on any atom is -0.507 e. The summed E-state index contributed by atoms with van der Waals surface area (Å²) in [5.74, 6) is -10.6. The number of pyridine rings is 2. The summed E-state index contributed by atoms with van der Waals surface area (Å²) in [5, 5.41) is 77.9. The van der Waals surface area contributed by atoms with Crippen molar-refractivity contribution in [2.45, 2.75) is 118 Å². The molecule has 1 saturated carbocycles. The van der Waals surface area contributed by atoms with Crippen molar-refractivity contribution in [3.63, 3.8) is 0 Å². The number of fused-ring (bicyclic) bond motifs is 15. The van der Waals surface area contributed by atoms with Gasteiger partial charge in [-0.25, -0.2) is 9.18 Å². The number of aromatic hydroxyl groups is 3. The lowest BCUT2D eigenvalue weighted by Crippen LogP contribution is -2.46. The van der Waals surface area contributed by atoms with Crippen LogP contribution in [0, 0.1) is 49.3 Å². The number of amides is 1. The van der Waals surface area contributed by atoms with Gasteiger partial charge in [0.15, 0.2) is 11.6 Å². The molecule has 0 spiro atoms. The first-order valence-corrected chi connectivity index (χ1v) is 28.2. The van der Waals surface area contributed by atoms with Crippen LogP contribution in [-0.2, 0) is 23.8 Å². The summed E-state index contributed by atoms with van der Waals surface area (Å²) < 4.78 is 41.1. The molecule has 10 rings (SSSR count). The summed E-state index contributed by atoms with van der Waals surface area (Å²) in [4.78, 5) is 70.8. The number of nitrogens with one attached hydrogen (secondary N) is 1. The average molecular weight is 1150 g/mol. The lowest BCUT2D eigenvalue weighted by atomic mass is 9.78. The second-order valence-electron chi connectivity index (χ2n) is 23.3. The van der Waals surface area contributed by atoms with E-state index in [0.29, 0.717) is 62.6 Å². The number of phenols is 3. The average Bonchev–Trinajstić information content (AvgIpc) is 2.51. The van der Waals surface area contributed by atoms with E-state index in [1.807, 2.05) is 4.90 Å². The number of benzene rings is 2. The predicted molar refractivity (Wildman–Crippen MR) is 307 cm³/mol. The minimum atomic E-state index is -2.11. The third-order valence-corrected chi connectivity index (χ3v) is 17.5. The number of hydrogen-bond acceptors (Lipinski definition) is 18. The van der Waals surface area contributed by atoms with Gasteiger partial charge in [0.05, 0.1) is 70.4 Å². The van der Waals surface area contributed by atoms with Crippen LogP contribution >= 0.6 is 0 Å². The Morgan fingerprint density at radius 1 is 0.904 bits per heavy atom. The number of aryl methyl sites for hydroxylation is 1. The normalized spacial score (nSPS) is 29.0. The second kappa shape index (κ2) is 23.6. The molecule has 2 saturated heterocycles. The number of ketones is 1. The highest BCUT2D eigenvalue weighted by Crippen LogP contribution is 2.55. The van der Waals surface area contributed by atoms with Crippen molar-refractivity contribution in [2.75, 3.05) is 63.1 Å². The first-order valence-electron chi connectivity index (χ1n) is 28.2. The number of aromatic carboxylic acids is 1. The molecule has 7 heterocycles. The molecule has 5 aliphatic heterocycles. The van der Waals surface area contributed by atoms with E-state index < -0.39 is 106 Å². The number of nitrogens with zero attached hydrogens (tertiary/aromatic N) is 5. The zero-order valence-electron chi connectivity index (χ0n) is 48.4. The summed E-state index contributed by atoms with van der Waals surface area (Å²) in [7, 11) is 1.42. The molecule has 2 aromatic heterocycles. The molecule has 446 valence electrons. The van der Waals surface area contributed by atoms with Crippen molar-refractivity contribution < 1.29 is 73.2 Å². The summed E-state index contributed by atoms with van der Waals surface area (Å²) in [6.45, 7) is 18.0. The van der Waals surface area contributed by atoms with Gasteiger partial charge in [-0.3, -0.25) is 33.5 Å². The Morgan fingerprint density at radius 3 is 2.25 bits per heavy atom. The molecule has 21 nitrogen and oxygen atoms in total. The van der Waals surface area contributed by atoms with E-state index in [9.17, 15) is 54.6 Å². The van der Waals surface area contributed by atoms with E-state index in [1.165, 1.54) is 65.5 Å². The molecule has 1 unspecified atom stereocenters. The number of halogens is 1. The third kappa shape index (κ3) is 11.4. The van der Waals surface area contributed by atoms with Gasteiger partial charge in [0.2, 0.25) is 0 Å². The van der Waals surface area contributed by atoms with Gasteiger partial charge in [-0.2, -0.15) is 5.10 Å². The van der Waals surface area contributed by atoms with Crippen molar-refractivity contribution >= 4 is 57.5 Å². The molecule has 83 heavy (non-hydrogen) atoms. The zero-order chi connectivity index (χ0) is 60.3. The number of aromatic nitrogens is 1. The summed E-state index contributed by atoms with van der Waals surface area (Å²) in [6.07, 6.45) is 8.19. The Balaban J connectivity index is 1.00. The van der Waals surface area contributed by atoms with E-state index in [2.05, 4.69) is 10.2 Å². The van der Waals surface area contributed by atoms with Gasteiger partial charge in [0, 0.05) is 107 Å². The maximum absolute atomic E-state index is 16.1. The van der Waals surface area contributed by atoms with Crippen molar-refractivity contribution in [1.82, 2.24) is 14.3 Å². The molecule has 22 heteroatoms. The Kier molecular flexibility index (Phi) is 17.1. The lowest BCUT2D eigenvalue weighted by Gasteiger charge is -2.38. The number of carboxylic acids is 1. The van der Waals surface area contributed by atoms with Gasteiger partial charge in [0.25, 0.3) is 17.2 Å². The number of esters is 1. The van der Waals surface area contributed by atoms with Crippen LogP contribution in [0.2, 0.25) is 0 Å². The number of phenolic OH excluding ortho intramolecular Hbond substituents is 3. The highest BCUT2D eigenvalue weighted by molar-refractivity contribution is 6.24. The highest BCUT2D eigenvalue weighted by Gasteiger charge is 2.50. The molecule has 1 amide bonds. The number of ether oxygens (including phenoxy) is 4. The molecule has 7 N–H and O–H groups in total. The fourth-order valence-electron chi connectivity index (χ4n) is 12.5. The van der Waals surface area contributed by atoms with E-state index in [-0.39, 0.29) is 61.9 Å². The number of aliphatic hydroxyl groups is 2. The van der Waals surface area contributed by atoms with Gasteiger partial charge in [-0.05, 0) is 75.1 Å². The summed E-state index contributed by atoms with van der Waals surface area (Å²) >= 11 is 0. The standard InChI is InChI=1S/C61H75FN6O15/c1-29-12-11-13-30(2)58(76)64-47-41(25-63-67-21-19-65(20-22-67)26-37-16-18-66(27-37)49-32(4)48-39(38-14-15-38)24-40(60(78)79)59(77)68(48)28-42(49)62)53(73)44-45(54(47)74)52(72)35(7)56-46(44)57(75)61(9,83-56)81-23-17-43(80-10)31(3)55(82-36(8)69)34(6)51(71)33(5)50(29)70/h11-13,17,23-25,28-29,31,33-34,37-38,43,50-51,55,70-74H,14-16,18-22,26-27H2,1-10H3,(H,64,76)(H,78,79)/b12-11+,23-17+,30-13-,63-25-/t29-,31+,33+,34+,37?,43-,50-,51+,55+,61-/m0/s1. The Labute approximate surface area is 479 Å².